The monoisotopic (exact) mass is 275 g/mol. The van der Waals surface area contributed by atoms with E-state index in [9.17, 15) is 10.2 Å². The maximum atomic E-state index is 10.0. The van der Waals surface area contributed by atoms with Crippen LogP contribution in [0, 0.1) is 5.92 Å². The van der Waals surface area contributed by atoms with Gasteiger partial charge in [-0.15, -0.1) is 0 Å². The van der Waals surface area contributed by atoms with Crippen molar-refractivity contribution >= 4 is 0 Å². The van der Waals surface area contributed by atoms with Crippen LogP contribution in [0.2, 0.25) is 0 Å². The zero-order chi connectivity index (χ0) is 14.1. The minimum atomic E-state index is -0.692. The van der Waals surface area contributed by atoms with E-state index in [0.717, 1.165) is 6.42 Å². The third kappa shape index (κ3) is 7.22. The Hall–Kier alpha value is -0.200. The van der Waals surface area contributed by atoms with Crippen molar-refractivity contribution in [3.8, 4) is 0 Å². The highest BCUT2D eigenvalue weighted by molar-refractivity contribution is 4.79. The summed E-state index contributed by atoms with van der Waals surface area (Å²) < 4.78 is 9.78. The lowest BCUT2D eigenvalue weighted by molar-refractivity contribution is -0.0707. The molecule has 0 amide bonds. The van der Waals surface area contributed by atoms with E-state index in [1.165, 1.54) is 39.2 Å². The van der Waals surface area contributed by atoms with Crippen LogP contribution in [0.5, 0.6) is 0 Å². The molecule has 0 aromatic heterocycles. The third-order valence-electron chi connectivity index (χ3n) is 3.85. The average molecular weight is 275 g/mol. The molecule has 0 spiro atoms. The van der Waals surface area contributed by atoms with E-state index >= 15 is 0 Å². The molecular formula is C14H29NO4. The van der Waals surface area contributed by atoms with Crippen molar-refractivity contribution in [2.45, 2.75) is 63.2 Å². The topological polar surface area (TPSA) is 84.9 Å². The molecule has 114 valence electrons. The summed E-state index contributed by atoms with van der Waals surface area (Å²) in [5, 5.41) is 19.7. The Morgan fingerprint density at radius 3 is 2.53 bits per heavy atom. The molecule has 5 nitrogen and oxygen atoms in total. The van der Waals surface area contributed by atoms with Crippen LogP contribution >= 0.6 is 0 Å². The molecule has 0 saturated heterocycles. The zero-order valence-corrected chi connectivity index (χ0v) is 12.0. The molecule has 1 rings (SSSR count). The standard InChI is InChI=1S/C14H29NO4/c1-18-10-19-9-12(16)8-14(17)13(15)7-11-5-3-2-4-6-11/h11-14,16-17H,2-10,15H2,1H3/t12-,13+,14+/m1/s1. The Morgan fingerprint density at radius 1 is 1.21 bits per heavy atom. The van der Waals surface area contributed by atoms with E-state index in [0.29, 0.717) is 5.92 Å². The summed E-state index contributed by atoms with van der Waals surface area (Å²) >= 11 is 0. The Morgan fingerprint density at radius 2 is 1.89 bits per heavy atom. The Labute approximate surface area is 116 Å². The predicted octanol–water partition coefficient (Wildman–Crippen LogP) is 1.02. The summed E-state index contributed by atoms with van der Waals surface area (Å²) in [6.45, 7) is 0.322. The number of aliphatic hydroxyl groups is 2. The van der Waals surface area contributed by atoms with Crippen LogP contribution in [-0.4, -0.2) is 49.0 Å². The minimum absolute atomic E-state index is 0.154. The average Bonchev–Trinajstić information content (AvgIpc) is 2.40. The Kier molecular flexibility index (Phi) is 8.57. The molecule has 1 fully saturated rings. The van der Waals surface area contributed by atoms with Crippen molar-refractivity contribution in [1.29, 1.82) is 0 Å². The zero-order valence-electron chi connectivity index (χ0n) is 12.0. The number of rotatable bonds is 9. The summed E-state index contributed by atoms with van der Waals surface area (Å²) in [5.74, 6) is 0.639. The summed E-state index contributed by atoms with van der Waals surface area (Å²) in [6.07, 6.45) is 6.08. The number of nitrogens with two attached hydrogens (primary N) is 1. The van der Waals surface area contributed by atoms with E-state index in [1.807, 2.05) is 0 Å². The molecule has 3 atom stereocenters. The number of hydrogen-bond acceptors (Lipinski definition) is 5. The van der Waals surface area contributed by atoms with Crippen molar-refractivity contribution in [3.63, 3.8) is 0 Å². The fraction of sp³-hybridized carbons (Fsp3) is 1.00. The maximum absolute atomic E-state index is 10.0. The van der Waals surface area contributed by atoms with Gasteiger partial charge in [-0.1, -0.05) is 32.1 Å². The van der Waals surface area contributed by atoms with Gasteiger partial charge in [-0.05, 0) is 12.3 Å². The number of aliphatic hydroxyl groups excluding tert-OH is 2. The first-order valence-corrected chi connectivity index (χ1v) is 7.32. The summed E-state index contributed by atoms with van der Waals surface area (Å²) in [5.41, 5.74) is 6.02. The van der Waals surface area contributed by atoms with Crippen molar-refractivity contribution in [2.75, 3.05) is 20.5 Å². The van der Waals surface area contributed by atoms with Gasteiger partial charge in [0.05, 0.1) is 18.8 Å². The van der Waals surface area contributed by atoms with Gasteiger partial charge in [0.2, 0.25) is 0 Å². The van der Waals surface area contributed by atoms with Crippen molar-refractivity contribution in [2.24, 2.45) is 11.7 Å². The van der Waals surface area contributed by atoms with Gasteiger partial charge in [0.1, 0.15) is 6.79 Å². The lowest BCUT2D eigenvalue weighted by atomic mass is 9.83. The SMILES string of the molecule is COCOC[C@H](O)C[C@H](O)[C@@H](N)CC1CCCCC1. The molecule has 4 N–H and O–H groups in total. The summed E-state index contributed by atoms with van der Waals surface area (Å²) in [4.78, 5) is 0. The quantitative estimate of drug-likeness (QED) is 0.432. The van der Waals surface area contributed by atoms with E-state index < -0.39 is 12.2 Å². The van der Waals surface area contributed by atoms with E-state index in [-0.39, 0.29) is 25.9 Å². The molecule has 0 bridgehead atoms. The van der Waals surface area contributed by atoms with Crippen molar-refractivity contribution in [3.05, 3.63) is 0 Å². The molecule has 19 heavy (non-hydrogen) atoms. The molecule has 0 aromatic rings. The second kappa shape index (κ2) is 9.66. The van der Waals surface area contributed by atoms with Gasteiger partial charge in [-0.25, -0.2) is 0 Å². The smallest absolute Gasteiger partial charge is 0.146 e. The van der Waals surface area contributed by atoms with Crippen LogP contribution in [0.25, 0.3) is 0 Å². The maximum Gasteiger partial charge on any atom is 0.146 e. The minimum Gasteiger partial charge on any atom is -0.391 e. The van der Waals surface area contributed by atoms with Gasteiger partial charge < -0.3 is 25.4 Å². The van der Waals surface area contributed by atoms with E-state index in [1.54, 1.807) is 0 Å². The van der Waals surface area contributed by atoms with Crippen LogP contribution in [-0.2, 0) is 9.47 Å². The summed E-state index contributed by atoms with van der Waals surface area (Å²) in [7, 11) is 1.53. The van der Waals surface area contributed by atoms with Gasteiger partial charge in [0.15, 0.2) is 0 Å². The van der Waals surface area contributed by atoms with Gasteiger partial charge in [-0.3, -0.25) is 0 Å². The van der Waals surface area contributed by atoms with Gasteiger partial charge in [0, 0.05) is 19.6 Å². The Bertz CT molecular complexity index is 221. The molecule has 5 heteroatoms. The first kappa shape index (κ1) is 16.9. The fourth-order valence-electron chi connectivity index (χ4n) is 2.75. The van der Waals surface area contributed by atoms with Crippen molar-refractivity contribution in [1.82, 2.24) is 0 Å². The fourth-order valence-corrected chi connectivity index (χ4v) is 2.75. The highest BCUT2D eigenvalue weighted by Crippen LogP contribution is 2.27. The highest BCUT2D eigenvalue weighted by Gasteiger charge is 2.23. The lowest BCUT2D eigenvalue weighted by Crippen LogP contribution is -2.39. The van der Waals surface area contributed by atoms with Crippen LogP contribution in [0.3, 0.4) is 0 Å². The van der Waals surface area contributed by atoms with Gasteiger partial charge in [-0.2, -0.15) is 0 Å². The normalized spacial score (nSPS) is 22.1. The van der Waals surface area contributed by atoms with E-state index in [2.05, 4.69) is 0 Å². The van der Waals surface area contributed by atoms with Crippen LogP contribution < -0.4 is 5.73 Å². The molecule has 1 saturated carbocycles. The van der Waals surface area contributed by atoms with Gasteiger partial charge in [0.25, 0.3) is 0 Å². The highest BCUT2D eigenvalue weighted by atomic mass is 16.7. The molecule has 0 aliphatic heterocycles. The molecule has 0 heterocycles. The first-order valence-electron chi connectivity index (χ1n) is 7.32. The molecular weight excluding hydrogens is 246 g/mol. The largest absolute Gasteiger partial charge is 0.391 e. The first-order chi connectivity index (χ1) is 9.13. The van der Waals surface area contributed by atoms with Crippen LogP contribution in [0.4, 0.5) is 0 Å². The molecule has 1 aliphatic rings. The van der Waals surface area contributed by atoms with Crippen LogP contribution in [0.1, 0.15) is 44.9 Å². The van der Waals surface area contributed by atoms with Crippen LogP contribution in [0.15, 0.2) is 0 Å². The third-order valence-corrected chi connectivity index (χ3v) is 3.85. The number of hydrogen-bond donors (Lipinski definition) is 3. The molecule has 1 aliphatic carbocycles. The molecule has 0 unspecified atom stereocenters. The second-order valence-corrected chi connectivity index (χ2v) is 5.64. The number of methoxy groups -OCH3 is 1. The molecule has 0 radical (unpaired) electrons. The molecule has 0 aromatic carbocycles. The van der Waals surface area contributed by atoms with E-state index in [4.69, 9.17) is 15.2 Å². The van der Waals surface area contributed by atoms with Gasteiger partial charge >= 0.3 is 0 Å². The number of ether oxygens (including phenoxy) is 2. The summed E-state index contributed by atoms with van der Waals surface area (Å²) in [6, 6.07) is -0.250. The predicted molar refractivity (Wildman–Crippen MR) is 73.6 cm³/mol. The second-order valence-electron chi connectivity index (χ2n) is 5.64. The lowest BCUT2D eigenvalue weighted by Gasteiger charge is -2.27. The Balaban J connectivity index is 2.17. The van der Waals surface area contributed by atoms with Crippen molar-refractivity contribution < 1.29 is 19.7 Å².